The molecule has 6 nitrogen and oxygen atoms in total. The smallest absolute Gasteiger partial charge is 0.168 e. The van der Waals surface area contributed by atoms with Crippen LogP contribution in [0.25, 0.3) is 16.7 Å². The zero-order valence-electron chi connectivity index (χ0n) is 12.4. The Hall–Kier alpha value is -1.89. The van der Waals surface area contributed by atoms with Crippen LogP contribution in [0, 0.1) is 0 Å². The summed E-state index contributed by atoms with van der Waals surface area (Å²) in [6.07, 6.45) is 3.49. The molecular weight excluding hydrogens is 335 g/mol. The molecule has 0 radical (unpaired) electrons. The van der Waals surface area contributed by atoms with Crippen LogP contribution in [0.4, 0.5) is 5.82 Å². The number of aromatic nitrogens is 4. The molecule has 0 spiro atoms. The van der Waals surface area contributed by atoms with Gasteiger partial charge in [-0.2, -0.15) is 5.10 Å². The van der Waals surface area contributed by atoms with E-state index in [4.69, 9.17) is 0 Å². The van der Waals surface area contributed by atoms with Crippen molar-refractivity contribution in [1.82, 2.24) is 25.1 Å². The van der Waals surface area contributed by atoms with Gasteiger partial charge >= 0.3 is 0 Å². The Bertz CT molecular complexity index is 755. The van der Waals surface area contributed by atoms with E-state index in [9.17, 15) is 0 Å². The maximum atomic E-state index is 4.49. The van der Waals surface area contributed by atoms with Crippen molar-refractivity contribution in [2.75, 3.05) is 31.1 Å². The van der Waals surface area contributed by atoms with E-state index in [0.29, 0.717) is 0 Å². The second-order valence-electron chi connectivity index (χ2n) is 5.06. The van der Waals surface area contributed by atoms with Crippen LogP contribution in [-0.4, -0.2) is 45.9 Å². The standard InChI is InChI=1S/C15H16N6.2ClH/c1-2-4-12(5-3-1)21-15-13(10-19-21)14(17-11-18-15)20-8-6-16-7-9-20;;/h1-5,10-11,16H,6-9H2;2*1H. The van der Waals surface area contributed by atoms with Crippen LogP contribution in [0.15, 0.2) is 42.9 Å². The molecule has 0 bridgehead atoms. The monoisotopic (exact) mass is 352 g/mol. The molecule has 122 valence electrons. The van der Waals surface area contributed by atoms with Crippen molar-refractivity contribution in [1.29, 1.82) is 0 Å². The van der Waals surface area contributed by atoms with E-state index < -0.39 is 0 Å². The third-order valence-corrected chi connectivity index (χ3v) is 3.76. The average molecular weight is 353 g/mol. The van der Waals surface area contributed by atoms with E-state index in [0.717, 1.165) is 48.7 Å². The third-order valence-electron chi connectivity index (χ3n) is 3.76. The molecule has 3 aromatic rings. The van der Waals surface area contributed by atoms with Gasteiger partial charge in [-0.25, -0.2) is 14.6 Å². The molecular formula is C15H18Cl2N6. The topological polar surface area (TPSA) is 58.9 Å². The first-order valence-corrected chi connectivity index (χ1v) is 7.13. The van der Waals surface area contributed by atoms with Gasteiger partial charge in [0.1, 0.15) is 12.1 Å². The highest BCUT2D eigenvalue weighted by Gasteiger charge is 2.17. The number of fused-ring (bicyclic) bond motifs is 1. The SMILES string of the molecule is Cl.Cl.c1ccc(-n2ncc3c(N4CCNCC4)ncnc32)cc1. The molecule has 3 heterocycles. The zero-order chi connectivity index (χ0) is 14.1. The van der Waals surface area contributed by atoms with Crippen LogP contribution >= 0.6 is 24.8 Å². The summed E-state index contributed by atoms with van der Waals surface area (Å²) in [5, 5.41) is 8.85. The zero-order valence-corrected chi connectivity index (χ0v) is 14.1. The molecule has 0 saturated carbocycles. The number of halogens is 2. The van der Waals surface area contributed by atoms with Crippen molar-refractivity contribution in [3.63, 3.8) is 0 Å². The minimum atomic E-state index is 0. The molecule has 0 amide bonds. The summed E-state index contributed by atoms with van der Waals surface area (Å²) in [4.78, 5) is 11.2. The molecule has 1 aromatic carbocycles. The highest BCUT2D eigenvalue weighted by atomic mass is 35.5. The van der Waals surface area contributed by atoms with Crippen molar-refractivity contribution in [2.24, 2.45) is 0 Å². The number of nitrogens with one attached hydrogen (secondary N) is 1. The maximum Gasteiger partial charge on any atom is 0.168 e. The van der Waals surface area contributed by atoms with Gasteiger partial charge in [0.2, 0.25) is 0 Å². The molecule has 0 aliphatic carbocycles. The number of benzene rings is 1. The highest BCUT2D eigenvalue weighted by molar-refractivity contribution is 5.87. The van der Waals surface area contributed by atoms with Gasteiger partial charge in [-0.15, -0.1) is 24.8 Å². The lowest BCUT2D eigenvalue weighted by atomic mass is 10.3. The van der Waals surface area contributed by atoms with Crippen molar-refractivity contribution in [3.8, 4) is 5.69 Å². The molecule has 0 unspecified atom stereocenters. The highest BCUT2D eigenvalue weighted by Crippen LogP contribution is 2.24. The summed E-state index contributed by atoms with van der Waals surface area (Å²) in [5.41, 5.74) is 1.86. The van der Waals surface area contributed by atoms with Gasteiger partial charge in [0, 0.05) is 26.2 Å². The van der Waals surface area contributed by atoms with Crippen molar-refractivity contribution in [2.45, 2.75) is 0 Å². The van der Waals surface area contributed by atoms with Gasteiger partial charge in [0.25, 0.3) is 0 Å². The average Bonchev–Trinajstić information content (AvgIpc) is 3.00. The van der Waals surface area contributed by atoms with Gasteiger partial charge in [-0.1, -0.05) is 18.2 Å². The molecule has 4 rings (SSSR count). The molecule has 1 saturated heterocycles. The minimum absolute atomic E-state index is 0. The number of piperazine rings is 1. The number of hydrogen-bond donors (Lipinski definition) is 1. The van der Waals surface area contributed by atoms with E-state index in [1.54, 1.807) is 6.33 Å². The number of hydrogen-bond acceptors (Lipinski definition) is 5. The Morgan fingerprint density at radius 2 is 1.70 bits per heavy atom. The van der Waals surface area contributed by atoms with Gasteiger partial charge in [-0.05, 0) is 12.1 Å². The molecule has 1 fully saturated rings. The van der Waals surface area contributed by atoms with E-state index >= 15 is 0 Å². The Morgan fingerprint density at radius 1 is 0.957 bits per heavy atom. The predicted octanol–water partition coefficient (Wildman–Crippen LogP) is 2.07. The Kier molecular flexibility index (Phi) is 5.76. The molecule has 8 heteroatoms. The normalized spacial score (nSPS) is 14.2. The lowest BCUT2D eigenvalue weighted by molar-refractivity contribution is 0.586. The first kappa shape index (κ1) is 17.5. The maximum absolute atomic E-state index is 4.49. The third kappa shape index (κ3) is 3.24. The van der Waals surface area contributed by atoms with Gasteiger partial charge in [0.15, 0.2) is 5.65 Å². The molecule has 1 aliphatic rings. The lowest BCUT2D eigenvalue weighted by Crippen LogP contribution is -2.44. The van der Waals surface area contributed by atoms with E-state index in [1.165, 1.54) is 0 Å². The number of rotatable bonds is 2. The van der Waals surface area contributed by atoms with Crippen molar-refractivity contribution >= 4 is 41.7 Å². The van der Waals surface area contributed by atoms with Crippen molar-refractivity contribution < 1.29 is 0 Å². The van der Waals surface area contributed by atoms with Crippen LogP contribution in [0.5, 0.6) is 0 Å². The first-order valence-electron chi connectivity index (χ1n) is 7.13. The second-order valence-corrected chi connectivity index (χ2v) is 5.06. The summed E-state index contributed by atoms with van der Waals surface area (Å²) in [6.45, 7) is 3.89. The Labute approximate surface area is 146 Å². The largest absolute Gasteiger partial charge is 0.353 e. The fraction of sp³-hybridized carbons (Fsp3) is 0.267. The van der Waals surface area contributed by atoms with Gasteiger partial charge in [0.05, 0.1) is 17.3 Å². The summed E-state index contributed by atoms with van der Waals surface area (Å²) >= 11 is 0. The fourth-order valence-corrected chi connectivity index (χ4v) is 2.72. The fourth-order valence-electron chi connectivity index (χ4n) is 2.72. The number of anilines is 1. The summed E-state index contributed by atoms with van der Waals surface area (Å²) < 4.78 is 1.86. The molecule has 2 aromatic heterocycles. The van der Waals surface area contributed by atoms with Gasteiger partial charge in [-0.3, -0.25) is 0 Å². The van der Waals surface area contributed by atoms with Crippen LogP contribution in [-0.2, 0) is 0 Å². The molecule has 23 heavy (non-hydrogen) atoms. The Balaban J connectivity index is 0.000000960. The van der Waals surface area contributed by atoms with Crippen LogP contribution < -0.4 is 10.2 Å². The molecule has 0 atom stereocenters. The van der Waals surface area contributed by atoms with Crippen molar-refractivity contribution in [3.05, 3.63) is 42.9 Å². The van der Waals surface area contributed by atoms with Crippen LogP contribution in [0.3, 0.4) is 0 Å². The number of para-hydroxylation sites is 1. The van der Waals surface area contributed by atoms with E-state index in [2.05, 4.69) is 25.3 Å². The van der Waals surface area contributed by atoms with Crippen LogP contribution in [0.2, 0.25) is 0 Å². The molecule has 1 N–H and O–H groups in total. The van der Waals surface area contributed by atoms with E-state index in [-0.39, 0.29) is 24.8 Å². The number of nitrogens with zero attached hydrogens (tertiary/aromatic N) is 5. The second kappa shape index (κ2) is 7.59. The summed E-state index contributed by atoms with van der Waals surface area (Å²) in [6, 6.07) is 10.1. The predicted molar refractivity (Wildman–Crippen MR) is 96.2 cm³/mol. The quantitative estimate of drug-likeness (QED) is 0.764. The summed E-state index contributed by atoms with van der Waals surface area (Å²) in [7, 11) is 0. The Morgan fingerprint density at radius 3 is 2.43 bits per heavy atom. The van der Waals surface area contributed by atoms with Gasteiger partial charge < -0.3 is 10.2 Å². The van der Waals surface area contributed by atoms with Crippen LogP contribution in [0.1, 0.15) is 0 Å². The lowest BCUT2D eigenvalue weighted by Gasteiger charge is -2.28. The minimum Gasteiger partial charge on any atom is -0.353 e. The summed E-state index contributed by atoms with van der Waals surface area (Å²) in [5.74, 6) is 0.976. The molecule has 1 aliphatic heterocycles. The first-order chi connectivity index (χ1) is 10.4. The van der Waals surface area contributed by atoms with E-state index in [1.807, 2.05) is 41.2 Å².